The maximum atomic E-state index is 10.7. The number of benzene rings is 2. The van der Waals surface area contributed by atoms with Gasteiger partial charge >= 0.3 is 0 Å². The molecule has 0 amide bonds. The quantitative estimate of drug-likeness (QED) is 0.862. The van der Waals surface area contributed by atoms with Crippen molar-refractivity contribution >= 4 is 23.5 Å². The van der Waals surface area contributed by atoms with E-state index < -0.39 is 6.10 Å². The number of aliphatic hydroxyl groups excluding tert-OH is 1. The first-order valence-corrected chi connectivity index (χ1v) is 9.48. The van der Waals surface area contributed by atoms with Gasteiger partial charge in [0.2, 0.25) is 0 Å². The molecule has 1 aliphatic heterocycles. The lowest BCUT2D eigenvalue weighted by Gasteiger charge is -2.38. The molecule has 116 valence electrons. The molecule has 2 N–H and O–H groups in total. The SMILES string of the molecule is Oc1ccccc1C1(C[C@@H](O)c2ccccc2)SCCCS1. The Balaban J connectivity index is 1.92. The highest BCUT2D eigenvalue weighted by Gasteiger charge is 2.39. The molecule has 2 nitrogen and oxygen atoms in total. The van der Waals surface area contributed by atoms with Crippen LogP contribution in [0, 0.1) is 0 Å². The fourth-order valence-corrected chi connectivity index (χ4v) is 6.26. The Morgan fingerprint density at radius 2 is 1.59 bits per heavy atom. The van der Waals surface area contributed by atoms with E-state index in [2.05, 4.69) is 0 Å². The minimum Gasteiger partial charge on any atom is -0.508 e. The van der Waals surface area contributed by atoms with Crippen LogP contribution in [0.3, 0.4) is 0 Å². The topological polar surface area (TPSA) is 40.5 Å². The summed E-state index contributed by atoms with van der Waals surface area (Å²) in [6.07, 6.45) is 1.25. The van der Waals surface area contributed by atoms with E-state index >= 15 is 0 Å². The van der Waals surface area contributed by atoms with Gasteiger partial charge in [0.1, 0.15) is 5.75 Å². The van der Waals surface area contributed by atoms with Crippen molar-refractivity contribution in [2.45, 2.75) is 23.0 Å². The van der Waals surface area contributed by atoms with Crippen LogP contribution in [0.5, 0.6) is 5.75 Å². The van der Waals surface area contributed by atoms with Crippen molar-refractivity contribution in [3.63, 3.8) is 0 Å². The summed E-state index contributed by atoms with van der Waals surface area (Å²) in [6.45, 7) is 0. The van der Waals surface area contributed by atoms with E-state index in [0.29, 0.717) is 12.2 Å². The summed E-state index contributed by atoms with van der Waals surface area (Å²) >= 11 is 3.69. The van der Waals surface area contributed by atoms with Crippen LogP contribution in [0.2, 0.25) is 0 Å². The molecule has 3 rings (SSSR count). The predicted octanol–water partition coefficient (Wildman–Crippen LogP) is 4.54. The van der Waals surface area contributed by atoms with E-state index in [1.54, 1.807) is 6.07 Å². The van der Waals surface area contributed by atoms with E-state index in [1.807, 2.05) is 72.1 Å². The maximum absolute atomic E-state index is 10.7. The average molecular weight is 332 g/mol. The van der Waals surface area contributed by atoms with E-state index in [4.69, 9.17) is 0 Å². The van der Waals surface area contributed by atoms with Gasteiger partial charge in [0.15, 0.2) is 0 Å². The average Bonchev–Trinajstić information content (AvgIpc) is 2.57. The zero-order valence-corrected chi connectivity index (χ0v) is 13.9. The second-order valence-corrected chi connectivity index (χ2v) is 8.50. The van der Waals surface area contributed by atoms with Gasteiger partial charge in [0.05, 0.1) is 10.2 Å². The molecule has 22 heavy (non-hydrogen) atoms. The third-order valence-electron chi connectivity index (χ3n) is 3.92. The summed E-state index contributed by atoms with van der Waals surface area (Å²) in [5.74, 6) is 2.44. The van der Waals surface area contributed by atoms with Crippen molar-refractivity contribution in [1.82, 2.24) is 0 Å². The Kier molecular flexibility index (Phi) is 5.01. The van der Waals surface area contributed by atoms with E-state index in [-0.39, 0.29) is 4.08 Å². The maximum Gasteiger partial charge on any atom is 0.121 e. The molecule has 1 fully saturated rings. The predicted molar refractivity (Wildman–Crippen MR) is 95.3 cm³/mol. The second-order valence-electron chi connectivity index (χ2n) is 5.45. The van der Waals surface area contributed by atoms with Crippen LogP contribution in [0.1, 0.15) is 30.1 Å². The number of hydrogen-bond donors (Lipinski definition) is 2. The van der Waals surface area contributed by atoms with Gasteiger partial charge in [0.25, 0.3) is 0 Å². The van der Waals surface area contributed by atoms with Crippen LogP contribution in [-0.2, 0) is 4.08 Å². The third kappa shape index (κ3) is 3.29. The van der Waals surface area contributed by atoms with Crippen molar-refractivity contribution < 1.29 is 10.2 Å². The number of para-hydroxylation sites is 1. The third-order valence-corrected chi connectivity index (χ3v) is 7.32. The van der Waals surface area contributed by atoms with Crippen molar-refractivity contribution in [2.24, 2.45) is 0 Å². The lowest BCUT2D eigenvalue weighted by Crippen LogP contribution is -2.25. The summed E-state index contributed by atoms with van der Waals surface area (Å²) in [4.78, 5) is 0. The highest BCUT2D eigenvalue weighted by molar-refractivity contribution is 8.18. The van der Waals surface area contributed by atoms with E-state index in [1.165, 1.54) is 6.42 Å². The number of aliphatic hydroxyl groups is 1. The molecule has 0 unspecified atom stereocenters. The zero-order chi connectivity index (χ0) is 15.4. The molecule has 1 atom stereocenters. The summed E-state index contributed by atoms with van der Waals surface area (Å²) in [5, 5.41) is 21.0. The first-order valence-electron chi connectivity index (χ1n) is 7.51. The molecule has 0 spiro atoms. The minimum absolute atomic E-state index is 0.279. The molecule has 0 saturated carbocycles. The van der Waals surface area contributed by atoms with E-state index in [0.717, 1.165) is 22.6 Å². The second kappa shape index (κ2) is 6.99. The van der Waals surface area contributed by atoms with Gasteiger partial charge in [-0.15, -0.1) is 23.5 Å². The number of thioether (sulfide) groups is 2. The van der Waals surface area contributed by atoms with E-state index in [9.17, 15) is 10.2 Å². The molecule has 2 aromatic rings. The summed E-state index contributed by atoms with van der Waals surface area (Å²) in [7, 11) is 0. The molecule has 1 saturated heterocycles. The summed E-state index contributed by atoms with van der Waals surface area (Å²) in [5.41, 5.74) is 1.86. The largest absolute Gasteiger partial charge is 0.508 e. The van der Waals surface area contributed by atoms with Gasteiger partial charge in [0, 0.05) is 12.0 Å². The monoisotopic (exact) mass is 332 g/mol. The van der Waals surface area contributed by atoms with Crippen LogP contribution in [0.15, 0.2) is 54.6 Å². The lowest BCUT2D eigenvalue weighted by molar-refractivity contribution is 0.163. The molecule has 2 aromatic carbocycles. The molecular formula is C18H20O2S2. The lowest BCUT2D eigenvalue weighted by atomic mass is 9.99. The fraction of sp³-hybridized carbons (Fsp3) is 0.333. The number of phenols is 1. The Bertz CT molecular complexity index is 609. The number of rotatable bonds is 4. The highest BCUT2D eigenvalue weighted by atomic mass is 32.2. The molecule has 0 radical (unpaired) electrons. The van der Waals surface area contributed by atoms with Crippen molar-refractivity contribution in [1.29, 1.82) is 0 Å². The molecule has 1 aliphatic rings. The van der Waals surface area contributed by atoms with Gasteiger partial charge < -0.3 is 10.2 Å². The van der Waals surface area contributed by atoms with Gasteiger partial charge in [-0.1, -0.05) is 48.5 Å². The molecule has 0 bridgehead atoms. The molecule has 0 aromatic heterocycles. The smallest absolute Gasteiger partial charge is 0.121 e. The van der Waals surface area contributed by atoms with Gasteiger partial charge in [-0.25, -0.2) is 0 Å². The van der Waals surface area contributed by atoms with Crippen LogP contribution < -0.4 is 0 Å². The fourth-order valence-electron chi connectivity index (χ4n) is 2.80. The number of aromatic hydroxyl groups is 1. The van der Waals surface area contributed by atoms with Crippen molar-refractivity contribution in [2.75, 3.05) is 11.5 Å². The summed E-state index contributed by atoms with van der Waals surface area (Å²) < 4.78 is -0.279. The molecular weight excluding hydrogens is 312 g/mol. The van der Waals surface area contributed by atoms with Crippen LogP contribution in [0.25, 0.3) is 0 Å². The van der Waals surface area contributed by atoms with Crippen molar-refractivity contribution in [3.05, 3.63) is 65.7 Å². The minimum atomic E-state index is -0.529. The first kappa shape index (κ1) is 15.8. The standard InChI is InChI=1S/C18H20O2S2/c19-16-10-5-4-9-15(16)18(21-11-6-12-22-18)13-17(20)14-7-2-1-3-8-14/h1-5,7-10,17,19-20H,6,11-13H2/t17-/m1/s1. The van der Waals surface area contributed by atoms with Gasteiger partial charge in [-0.2, -0.15) is 0 Å². The molecule has 4 heteroatoms. The number of phenolic OH excluding ortho intramolecular Hbond substituents is 1. The number of hydrogen-bond acceptors (Lipinski definition) is 4. The van der Waals surface area contributed by atoms with Crippen LogP contribution in [-0.4, -0.2) is 21.7 Å². The molecule has 1 heterocycles. The zero-order valence-electron chi connectivity index (χ0n) is 12.3. The summed E-state index contributed by atoms with van der Waals surface area (Å²) in [6, 6.07) is 17.3. The van der Waals surface area contributed by atoms with Crippen LogP contribution >= 0.6 is 23.5 Å². The normalized spacial score (nSPS) is 18.8. The Morgan fingerprint density at radius 3 is 2.27 bits per heavy atom. The van der Waals surface area contributed by atoms with Crippen molar-refractivity contribution in [3.8, 4) is 5.75 Å². The Labute approximate surface area is 140 Å². The van der Waals surface area contributed by atoms with Gasteiger partial charge in [-0.05, 0) is 29.6 Å². The Hall–Kier alpha value is -1.10. The molecule has 0 aliphatic carbocycles. The van der Waals surface area contributed by atoms with Crippen LogP contribution in [0.4, 0.5) is 0 Å². The highest BCUT2D eigenvalue weighted by Crippen LogP contribution is 2.56. The Morgan fingerprint density at radius 1 is 0.955 bits per heavy atom. The van der Waals surface area contributed by atoms with Gasteiger partial charge in [-0.3, -0.25) is 0 Å². The first-order chi connectivity index (χ1) is 10.7.